The minimum absolute atomic E-state index is 0.0354. The number of aliphatic hydroxyl groups excluding tert-OH is 1. The molecule has 25 heavy (non-hydrogen) atoms. The molecule has 0 fully saturated rings. The smallest absolute Gasteiger partial charge is 0.254 e. The first-order valence-electron chi connectivity index (χ1n) is 8.74. The molecule has 1 N–H and O–H groups in total. The number of aliphatic hydroxyl groups is 1. The lowest BCUT2D eigenvalue weighted by Gasteiger charge is -2.27. The molecule has 1 amide bonds. The van der Waals surface area contributed by atoms with Crippen molar-refractivity contribution in [3.63, 3.8) is 0 Å². The van der Waals surface area contributed by atoms with E-state index < -0.39 is 6.10 Å². The zero-order valence-electron chi connectivity index (χ0n) is 15.0. The minimum Gasteiger partial charge on any atom is -0.390 e. The van der Waals surface area contributed by atoms with Gasteiger partial charge in [0.2, 0.25) is 0 Å². The third kappa shape index (κ3) is 5.41. The summed E-state index contributed by atoms with van der Waals surface area (Å²) >= 11 is 0. The number of carbonyl (C=O) groups excluding carboxylic acids is 1. The lowest BCUT2D eigenvalue weighted by molar-refractivity contribution is -0.126. The van der Waals surface area contributed by atoms with Crippen LogP contribution in [0.1, 0.15) is 13.3 Å². The first kappa shape index (κ1) is 19.2. The molecule has 0 saturated carbocycles. The van der Waals surface area contributed by atoms with Crippen molar-refractivity contribution in [1.29, 1.82) is 0 Å². The molecule has 4 nitrogen and oxygen atoms in total. The maximum absolute atomic E-state index is 12.5. The molecule has 0 radical (unpaired) electrons. The van der Waals surface area contributed by atoms with Crippen molar-refractivity contribution in [1.82, 2.24) is 9.80 Å². The monoisotopic (exact) mass is 340 g/mol. The van der Waals surface area contributed by atoms with Crippen molar-refractivity contribution in [3.8, 4) is 0 Å². The van der Waals surface area contributed by atoms with Gasteiger partial charge in [-0.3, -0.25) is 9.69 Å². The normalized spacial score (nSPS) is 23.5. The Hall–Kier alpha value is -2.17. The van der Waals surface area contributed by atoms with Crippen molar-refractivity contribution >= 4 is 5.91 Å². The maximum Gasteiger partial charge on any atom is 0.254 e. The molecule has 4 heteroatoms. The number of nitrogens with zero attached hydrogens (tertiary/aromatic N) is 2. The van der Waals surface area contributed by atoms with Gasteiger partial charge in [0, 0.05) is 38.3 Å². The molecule has 2 heterocycles. The van der Waals surface area contributed by atoms with Crippen LogP contribution in [0.4, 0.5) is 0 Å². The van der Waals surface area contributed by atoms with Crippen LogP contribution in [0.25, 0.3) is 0 Å². The second kappa shape index (κ2) is 9.35. The Kier molecular flexibility index (Phi) is 7.16. The van der Waals surface area contributed by atoms with Gasteiger partial charge in [0.15, 0.2) is 0 Å². The SMILES string of the molecule is C=CC1=C(/C=C\C)C(=O)N(CC(O)CN2CC/C=C\C=C/C(=C)C2)C1. The Balaban J connectivity index is 1.94. The van der Waals surface area contributed by atoms with Crippen LogP contribution in [-0.2, 0) is 4.79 Å². The van der Waals surface area contributed by atoms with Gasteiger partial charge in [-0.15, -0.1) is 0 Å². The van der Waals surface area contributed by atoms with Gasteiger partial charge in [-0.25, -0.2) is 0 Å². The molecular formula is C21H28N2O2. The highest BCUT2D eigenvalue weighted by Crippen LogP contribution is 2.21. The summed E-state index contributed by atoms with van der Waals surface area (Å²) in [5, 5.41) is 10.5. The number of rotatable bonds is 6. The molecular weight excluding hydrogens is 312 g/mol. The summed E-state index contributed by atoms with van der Waals surface area (Å²) in [5.41, 5.74) is 2.61. The van der Waals surface area contributed by atoms with Gasteiger partial charge >= 0.3 is 0 Å². The van der Waals surface area contributed by atoms with Crippen molar-refractivity contribution in [3.05, 3.63) is 72.4 Å². The Morgan fingerprint density at radius 2 is 2.12 bits per heavy atom. The van der Waals surface area contributed by atoms with Crippen LogP contribution in [0.15, 0.2) is 72.4 Å². The van der Waals surface area contributed by atoms with E-state index in [0.717, 1.165) is 30.7 Å². The molecule has 0 spiro atoms. The van der Waals surface area contributed by atoms with E-state index in [0.29, 0.717) is 25.2 Å². The van der Waals surface area contributed by atoms with Crippen molar-refractivity contribution in [2.24, 2.45) is 0 Å². The van der Waals surface area contributed by atoms with Crippen LogP contribution in [0.5, 0.6) is 0 Å². The van der Waals surface area contributed by atoms with Gasteiger partial charge in [0.05, 0.1) is 6.10 Å². The summed E-state index contributed by atoms with van der Waals surface area (Å²) in [7, 11) is 0. The predicted molar refractivity (Wildman–Crippen MR) is 103 cm³/mol. The van der Waals surface area contributed by atoms with Gasteiger partial charge in [-0.1, -0.05) is 55.7 Å². The molecule has 0 aromatic rings. The van der Waals surface area contributed by atoms with Crippen LogP contribution >= 0.6 is 0 Å². The maximum atomic E-state index is 12.5. The van der Waals surface area contributed by atoms with E-state index in [1.165, 1.54) is 0 Å². The molecule has 2 aliphatic heterocycles. The average Bonchev–Trinajstić information content (AvgIpc) is 2.91. The van der Waals surface area contributed by atoms with Crippen LogP contribution in [0, 0.1) is 0 Å². The Morgan fingerprint density at radius 1 is 1.32 bits per heavy atom. The number of carbonyl (C=O) groups is 1. The molecule has 0 aliphatic carbocycles. The minimum atomic E-state index is -0.596. The van der Waals surface area contributed by atoms with Gasteiger partial charge in [-0.05, 0) is 24.5 Å². The number of hydrogen-bond donors (Lipinski definition) is 1. The molecule has 0 aromatic heterocycles. The highest BCUT2D eigenvalue weighted by Gasteiger charge is 2.29. The lowest BCUT2D eigenvalue weighted by Crippen LogP contribution is -2.42. The second-order valence-electron chi connectivity index (χ2n) is 6.45. The standard InChI is InChI=1S/C21H28N2O2/c1-4-10-20-18(5-2)14-23(21(20)25)16-19(24)15-22-12-9-7-6-8-11-17(3)13-22/h4-8,10-11,19,24H,2-3,9,12-16H2,1H3/b7-6-,10-4-,11-8-. The van der Waals surface area contributed by atoms with Crippen molar-refractivity contribution < 1.29 is 9.90 Å². The summed E-state index contributed by atoms with van der Waals surface area (Å²) in [5.74, 6) is -0.0354. The largest absolute Gasteiger partial charge is 0.390 e. The summed E-state index contributed by atoms with van der Waals surface area (Å²) in [6, 6.07) is 0. The van der Waals surface area contributed by atoms with Crippen molar-refractivity contribution in [2.45, 2.75) is 19.4 Å². The lowest BCUT2D eigenvalue weighted by atomic mass is 10.1. The van der Waals surface area contributed by atoms with Crippen LogP contribution < -0.4 is 0 Å². The highest BCUT2D eigenvalue weighted by molar-refractivity contribution is 6.00. The zero-order chi connectivity index (χ0) is 18.2. The van der Waals surface area contributed by atoms with Gasteiger partial charge in [0.25, 0.3) is 5.91 Å². The summed E-state index contributed by atoms with van der Waals surface area (Å²) in [6.07, 6.45) is 13.9. The van der Waals surface area contributed by atoms with Crippen LogP contribution in [-0.4, -0.2) is 59.6 Å². The Bertz CT molecular complexity index is 640. The molecule has 2 aliphatic rings. The van der Waals surface area contributed by atoms with E-state index in [1.807, 2.05) is 37.3 Å². The van der Waals surface area contributed by atoms with E-state index in [-0.39, 0.29) is 5.91 Å². The number of hydrogen-bond acceptors (Lipinski definition) is 3. The molecule has 2 rings (SSSR count). The quantitative estimate of drug-likeness (QED) is 0.808. The fourth-order valence-corrected chi connectivity index (χ4v) is 3.15. The molecule has 134 valence electrons. The first-order chi connectivity index (χ1) is 12.0. The van der Waals surface area contributed by atoms with E-state index >= 15 is 0 Å². The van der Waals surface area contributed by atoms with Gasteiger partial charge in [-0.2, -0.15) is 0 Å². The molecule has 0 bridgehead atoms. The first-order valence-corrected chi connectivity index (χ1v) is 8.74. The number of amides is 1. The van der Waals surface area contributed by atoms with Crippen LogP contribution in [0.2, 0.25) is 0 Å². The Labute approximate surface area is 150 Å². The third-order valence-corrected chi connectivity index (χ3v) is 4.32. The van der Waals surface area contributed by atoms with Crippen molar-refractivity contribution in [2.75, 3.05) is 32.7 Å². The second-order valence-corrected chi connectivity index (χ2v) is 6.45. The molecule has 1 atom stereocenters. The van der Waals surface area contributed by atoms with E-state index in [9.17, 15) is 9.90 Å². The zero-order valence-corrected chi connectivity index (χ0v) is 15.0. The predicted octanol–water partition coefficient (Wildman–Crippen LogP) is 2.62. The fraction of sp³-hybridized carbons (Fsp3) is 0.381. The third-order valence-electron chi connectivity index (χ3n) is 4.32. The highest BCUT2D eigenvalue weighted by atomic mass is 16.3. The van der Waals surface area contributed by atoms with Gasteiger partial charge < -0.3 is 10.0 Å². The molecule has 0 saturated heterocycles. The van der Waals surface area contributed by atoms with E-state index in [1.54, 1.807) is 11.0 Å². The molecule has 1 unspecified atom stereocenters. The summed E-state index contributed by atoms with van der Waals surface area (Å²) in [4.78, 5) is 16.4. The Morgan fingerprint density at radius 3 is 2.84 bits per heavy atom. The van der Waals surface area contributed by atoms with E-state index in [2.05, 4.69) is 24.1 Å². The fourth-order valence-electron chi connectivity index (χ4n) is 3.15. The van der Waals surface area contributed by atoms with Crippen LogP contribution in [0.3, 0.4) is 0 Å². The van der Waals surface area contributed by atoms with Gasteiger partial charge in [0.1, 0.15) is 0 Å². The number of allylic oxidation sites excluding steroid dienone is 3. The average molecular weight is 340 g/mol. The number of β-amino-alcohol motifs (C(OH)–C–C–N with tert-alkyl or cyclic N) is 1. The summed E-state index contributed by atoms with van der Waals surface area (Å²) < 4.78 is 0. The topological polar surface area (TPSA) is 43.8 Å². The van der Waals surface area contributed by atoms with E-state index in [4.69, 9.17) is 0 Å². The summed E-state index contributed by atoms with van der Waals surface area (Å²) in [6.45, 7) is 12.7. The molecule has 0 aromatic carbocycles.